The zero-order valence-electron chi connectivity index (χ0n) is 13.4. The van der Waals surface area contributed by atoms with Gasteiger partial charge in [-0.1, -0.05) is 33.1 Å². The molecule has 0 spiro atoms. The maximum atomic E-state index is 12.7. The molecule has 2 N–H and O–H groups in total. The number of hydrogen-bond donors (Lipinski definition) is 2. The highest BCUT2D eigenvalue weighted by molar-refractivity contribution is 5.74. The second-order valence-corrected chi connectivity index (χ2v) is 6.09. The summed E-state index contributed by atoms with van der Waals surface area (Å²) in [5.74, 6) is 0. The second kappa shape index (κ2) is 8.04. The van der Waals surface area contributed by atoms with Crippen LogP contribution in [0, 0.1) is 0 Å². The number of alkyl halides is 3. The topological polar surface area (TPSA) is 52.6 Å². The molecule has 1 rings (SSSR count). The summed E-state index contributed by atoms with van der Waals surface area (Å²) in [6, 6.07) is -0.250. The number of urea groups is 1. The van der Waals surface area contributed by atoms with Crippen molar-refractivity contribution < 1.29 is 23.1 Å². The Morgan fingerprint density at radius 3 is 2.27 bits per heavy atom. The van der Waals surface area contributed by atoms with Crippen LogP contribution in [0.25, 0.3) is 0 Å². The average molecular weight is 324 g/mol. The summed E-state index contributed by atoms with van der Waals surface area (Å²) < 4.78 is 38.2. The fourth-order valence-electron chi connectivity index (χ4n) is 2.72. The molecule has 1 aliphatic rings. The lowest BCUT2D eigenvalue weighted by molar-refractivity contribution is -0.271. The number of nitrogens with one attached hydrogen (secondary N) is 1. The number of halogens is 3. The van der Waals surface area contributed by atoms with Gasteiger partial charge in [0.1, 0.15) is 0 Å². The van der Waals surface area contributed by atoms with E-state index in [9.17, 15) is 23.1 Å². The van der Waals surface area contributed by atoms with Crippen LogP contribution in [0.4, 0.5) is 18.0 Å². The molecule has 0 aromatic carbocycles. The summed E-state index contributed by atoms with van der Waals surface area (Å²) in [5, 5.41) is 12.5. The van der Waals surface area contributed by atoms with Crippen molar-refractivity contribution in [2.45, 2.75) is 76.6 Å². The van der Waals surface area contributed by atoms with Crippen LogP contribution in [0.1, 0.15) is 58.8 Å². The number of unbranched alkanes of at least 4 members (excludes halogenated alkanes) is 1. The Hall–Kier alpha value is -0.980. The van der Waals surface area contributed by atoms with Gasteiger partial charge in [0.2, 0.25) is 0 Å². The Labute approximate surface area is 130 Å². The van der Waals surface area contributed by atoms with E-state index in [0.29, 0.717) is 0 Å². The average Bonchev–Trinajstić information content (AvgIpc) is 2.44. The molecule has 1 heterocycles. The lowest BCUT2D eigenvalue weighted by Gasteiger charge is -2.39. The Morgan fingerprint density at radius 2 is 1.82 bits per heavy atom. The normalized spacial score (nSPS) is 19.8. The van der Waals surface area contributed by atoms with E-state index in [1.165, 1.54) is 4.90 Å². The predicted molar refractivity (Wildman–Crippen MR) is 78.6 cm³/mol. The van der Waals surface area contributed by atoms with E-state index in [-0.39, 0.29) is 25.2 Å². The minimum Gasteiger partial charge on any atom is -0.380 e. The van der Waals surface area contributed by atoms with Crippen LogP contribution in [0.2, 0.25) is 0 Å². The zero-order chi connectivity index (χ0) is 16.8. The van der Waals surface area contributed by atoms with E-state index >= 15 is 0 Å². The molecule has 0 bridgehead atoms. The third-order valence-electron chi connectivity index (χ3n) is 4.28. The van der Waals surface area contributed by atoms with Gasteiger partial charge in [-0.2, -0.15) is 13.2 Å². The Bertz CT molecular complexity index is 353. The van der Waals surface area contributed by atoms with E-state index in [4.69, 9.17) is 0 Å². The van der Waals surface area contributed by atoms with E-state index in [1.807, 2.05) is 6.92 Å². The Kier molecular flexibility index (Phi) is 6.97. The standard InChI is InChI=1S/C15H27F3N2O2/c1-3-5-7-12(6-4-2)19-13(21)20-10-8-14(22,9-11-20)15(16,17)18/h12,22H,3-11H2,1-2H3,(H,19,21). The molecular formula is C15H27F3N2O2. The first-order valence-corrected chi connectivity index (χ1v) is 8.08. The highest BCUT2D eigenvalue weighted by Gasteiger charge is 2.54. The van der Waals surface area contributed by atoms with Crippen molar-refractivity contribution in [1.29, 1.82) is 0 Å². The number of hydrogen-bond acceptors (Lipinski definition) is 2. The summed E-state index contributed by atoms with van der Waals surface area (Å²) in [5.41, 5.74) is -2.66. The zero-order valence-corrected chi connectivity index (χ0v) is 13.4. The molecule has 0 aliphatic carbocycles. The van der Waals surface area contributed by atoms with Crippen molar-refractivity contribution in [3.8, 4) is 0 Å². The first-order valence-electron chi connectivity index (χ1n) is 8.08. The summed E-state index contributed by atoms with van der Waals surface area (Å²) in [4.78, 5) is 13.5. The molecule has 0 radical (unpaired) electrons. The van der Waals surface area contributed by atoms with Crippen LogP contribution in [-0.2, 0) is 0 Å². The first-order chi connectivity index (χ1) is 10.2. The molecule has 2 amide bonds. The molecule has 0 aromatic rings. The van der Waals surface area contributed by atoms with Crippen molar-refractivity contribution in [3.63, 3.8) is 0 Å². The molecule has 1 saturated heterocycles. The van der Waals surface area contributed by atoms with Gasteiger partial charge in [-0.25, -0.2) is 4.79 Å². The third-order valence-corrected chi connectivity index (χ3v) is 4.28. The van der Waals surface area contributed by atoms with Gasteiger partial charge < -0.3 is 15.3 Å². The second-order valence-electron chi connectivity index (χ2n) is 6.09. The van der Waals surface area contributed by atoms with Gasteiger partial charge in [0, 0.05) is 32.0 Å². The number of carbonyl (C=O) groups is 1. The molecule has 4 nitrogen and oxygen atoms in total. The molecule has 1 unspecified atom stereocenters. The number of aliphatic hydroxyl groups is 1. The number of nitrogens with zero attached hydrogens (tertiary/aromatic N) is 1. The van der Waals surface area contributed by atoms with Gasteiger partial charge in [0.15, 0.2) is 5.60 Å². The van der Waals surface area contributed by atoms with E-state index in [1.54, 1.807) is 0 Å². The van der Waals surface area contributed by atoms with Crippen molar-refractivity contribution in [1.82, 2.24) is 10.2 Å². The van der Waals surface area contributed by atoms with Crippen LogP contribution in [0.15, 0.2) is 0 Å². The molecule has 7 heteroatoms. The summed E-state index contributed by atoms with van der Waals surface area (Å²) in [6.45, 7) is 3.96. The summed E-state index contributed by atoms with van der Waals surface area (Å²) >= 11 is 0. The van der Waals surface area contributed by atoms with Crippen molar-refractivity contribution in [2.24, 2.45) is 0 Å². The number of rotatable bonds is 6. The maximum Gasteiger partial charge on any atom is 0.417 e. The van der Waals surface area contributed by atoms with E-state index < -0.39 is 24.6 Å². The largest absolute Gasteiger partial charge is 0.417 e. The Morgan fingerprint density at radius 1 is 1.23 bits per heavy atom. The number of carbonyl (C=O) groups excluding carboxylic acids is 1. The smallest absolute Gasteiger partial charge is 0.380 e. The van der Waals surface area contributed by atoms with Crippen LogP contribution < -0.4 is 5.32 Å². The molecule has 0 saturated carbocycles. The number of piperidine rings is 1. The van der Waals surface area contributed by atoms with Gasteiger partial charge in [-0.3, -0.25) is 0 Å². The van der Waals surface area contributed by atoms with Crippen LogP contribution in [0.3, 0.4) is 0 Å². The highest BCUT2D eigenvalue weighted by Crippen LogP contribution is 2.38. The SMILES string of the molecule is CCCCC(CCC)NC(=O)N1CCC(O)(C(F)(F)F)CC1. The van der Waals surface area contributed by atoms with Gasteiger partial charge in [0.05, 0.1) is 0 Å². The number of amides is 2. The van der Waals surface area contributed by atoms with Crippen molar-refractivity contribution in [3.05, 3.63) is 0 Å². The lowest BCUT2D eigenvalue weighted by atomic mass is 9.91. The van der Waals surface area contributed by atoms with Crippen LogP contribution >= 0.6 is 0 Å². The fourth-order valence-corrected chi connectivity index (χ4v) is 2.72. The highest BCUT2D eigenvalue weighted by atomic mass is 19.4. The number of likely N-dealkylation sites (tertiary alicyclic amines) is 1. The minimum atomic E-state index is -4.64. The Balaban J connectivity index is 2.50. The first kappa shape index (κ1) is 19.1. The third kappa shape index (κ3) is 5.04. The summed E-state index contributed by atoms with van der Waals surface area (Å²) in [6.07, 6.45) is -0.807. The molecular weight excluding hydrogens is 297 g/mol. The van der Waals surface area contributed by atoms with Gasteiger partial charge in [-0.15, -0.1) is 0 Å². The maximum absolute atomic E-state index is 12.7. The molecule has 22 heavy (non-hydrogen) atoms. The van der Waals surface area contributed by atoms with Gasteiger partial charge in [0.25, 0.3) is 0 Å². The monoisotopic (exact) mass is 324 g/mol. The van der Waals surface area contributed by atoms with Crippen LogP contribution in [-0.4, -0.2) is 46.9 Å². The van der Waals surface area contributed by atoms with E-state index in [0.717, 1.165) is 32.1 Å². The lowest BCUT2D eigenvalue weighted by Crippen LogP contribution is -2.56. The van der Waals surface area contributed by atoms with Gasteiger partial charge in [-0.05, 0) is 12.8 Å². The van der Waals surface area contributed by atoms with E-state index in [2.05, 4.69) is 12.2 Å². The predicted octanol–water partition coefficient (Wildman–Crippen LogP) is 3.44. The molecule has 0 aromatic heterocycles. The van der Waals surface area contributed by atoms with Crippen LogP contribution in [0.5, 0.6) is 0 Å². The molecule has 130 valence electrons. The van der Waals surface area contributed by atoms with Crippen molar-refractivity contribution in [2.75, 3.05) is 13.1 Å². The minimum absolute atomic E-state index is 0.0703. The summed E-state index contributed by atoms with van der Waals surface area (Å²) in [7, 11) is 0. The quantitative estimate of drug-likeness (QED) is 0.786. The fraction of sp³-hybridized carbons (Fsp3) is 0.933. The van der Waals surface area contributed by atoms with Crippen molar-refractivity contribution >= 4 is 6.03 Å². The van der Waals surface area contributed by atoms with Gasteiger partial charge >= 0.3 is 12.2 Å². The molecule has 1 aliphatic heterocycles. The molecule has 1 atom stereocenters. The molecule has 1 fully saturated rings.